The van der Waals surface area contributed by atoms with Gasteiger partial charge in [0.25, 0.3) is 0 Å². The van der Waals surface area contributed by atoms with Crippen molar-refractivity contribution in [2.45, 2.75) is 89.0 Å². The van der Waals surface area contributed by atoms with Gasteiger partial charge < -0.3 is 14.2 Å². The number of unbranched alkanes of at least 4 members (excludes halogenated alkanes) is 2. The second kappa shape index (κ2) is 10.9. The topological polar surface area (TPSA) is 34.3 Å². The first-order valence-electron chi connectivity index (χ1n) is 12.9. The predicted octanol–water partition coefficient (Wildman–Crippen LogP) is 6.45. The molecule has 0 spiro atoms. The summed E-state index contributed by atoms with van der Waals surface area (Å²) in [7, 11) is -2.78. The molecule has 2 aromatic rings. The van der Waals surface area contributed by atoms with Gasteiger partial charge in [0.2, 0.25) is 0 Å². The average molecular weight is 483 g/mol. The Morgan fingerprint density at radius 1 is 0.636 bits per heavy atom. The lowest BCUT2D eigenvalue weighted by atomic mass is 10.2. The van der Waals surface area contributed by atoms with E-state index in [4.69, 9.17) is 14.2 Å². The van der Waals surface area contributed by atoms with Crippen LogP contribution in [0.5, 0.6) is 11.5 Å². The minimum Gasteiger partial charge on any atom is -0.457 e. The van der Waals surface area contributed by atoms with Crippen LogP contribution in [0.3, 0.4) is 0 Å². The molecule has 2 atom stereocenters. The Hall–Kier alpha value is -1.41. The molecule has 0 amide bonds. The molecule has 2 aliphatic heterocycles. The maximum Gasteiger partial charge on any atom is 0.127 e. The molecule has 2 aliphatic rings. The molecule has 0 radical (unpaired) electrons. The Kier molecular flexibility index (Phi) is 8.16. The molecular weight excluding hydrogens is 440 g/mol. The second-order valence-electron chi connectivity index (χ2n) is 11.3. The summed E-state index contributed by atoms with van der Waals surface area (Å²) in [6.07, 6.45) is 8.86. The summed E-state index contributed by atoms with van der Waals surface area (Å²) >= 11 is 0. The van der Waals surface area contributed by atoms with E-state index < -0.39 is 16.1 Å². The van der Waals surface area contributed by atoms with Gasteiger partial charge in [-0.15, -0.1) is 0 Å². The Bertz CT molecular complexity index is 796. The number of benzene rings is 2. The number of epoxide rings is 2. The molecule has 2 saturated heterocycles. The van der Waals surface area contributed by atoms with E-state index in [2.05, 4.69) is 74.7 Å². The van der Waals surface area contributed by atoms with Gasteiger partial charge in [-0.2, -0.15) is 0 Å². The first-order chi connectivity index (χ1) is 15.8. The third kappa shape index (κ3) is 7.81. The second-order valence-corrected chi connectivity index (χ2v) is 21.0. The molecule has 0 aliphatic carbocycles. The molecule has 180 valence electrons. The van der Waals surface area contributed by atoms with Crippen molar-refractivity contribution in [2.75, 3.05) is 13.2 Å². The fourth-order valence-corrected chi connectivity index (χ4v) is 9.70. The zero-order valence-electron chi connectivity index (χ0n) is 21.1. The van der Waals surface area contributed by atoms with Crippen molar-refractivity contribution in [1.29, 1.82) is 0 Å². The van der Waals surface area contributed by atoms with E-state index in [-0.39, 0.29) is 0 Å². The van der Waals surface area contributed by atoms with E-state index in [0.29, 0.717) is 12.2 Å². The van der Waals surface area contributed by atoms with Gasteiger partial charge in [-0.1, -0.05) is 98.6 Å². The van der Waals surface area contributed by atoms with Crippen molar-refractivity contribution >= 4 is 26.5 Å². The van der Waals surface area contributed by atoms with Crippen LogP contribution in [0.1, 0.15) is 38.5 Å². The molecule has 0 aromatic heterocycles. The lowest BCUT2D eigenvalue weighted by Crippen LogP contribution is -2.41. The quantitative estimate of drug-likeness (QED) is 0.176. The van der Waals surface area contributed by atoms with E-state index >= 15 is 0 Å². The number of hydrogen-bond donors (Lipinski definition) is 0. The summed E-state index contributed by atoms with van der Waals surface area (Å²) in [5.74, 6) is 1.86. The lowest BCUT2D eigenvalue weighted by molar-refractivity contribution is 0.391. The SMILES string of the molecule is C[Si](C)(CCCCC1CO1)c1ccc(Oc2ccc([Si](C)(C)CCCCC3CO3)cc2)cc1. The van der Waals surface area contributed by atoms with Crippen molar-refractivity contribution in [2.24, 2.45) is 0 Å². The Balaban J connectivity index is 1.25. The van der Waals surface area contributed by atoms with Gasteiger partial charge in [-0.05, 0) is 37.1 Å². The zero-order chi connectivity index (χ0) is 23.3. The molecule has 0 N–H and O–H groups in total. The molecule has 4 rings (SSSR count). The van der Waals surface area contributed by atoms with Crippen LogP contribution >= 0.6 is 0 Å². The third-order valence-electron chi connectivity index (χ3n) is 7.47. The van der Waals surface area contributed by atoms with E-state index in [1.54, 1.807) is 0 Å². The van der Waals surface area contributed by atoms with Crippen LogP contribution in [0.2, 0.25) is 38.3 Å². The fourth-order valence-electron chi connectivity index (χ4n) is 4.72. The van der Waals surface area contributed by atoms with Crippen molar-refractivity contribution in [3.8, 4) is 11.5 Å². The highest BCUT2D eigenvalue weighted by molar-refractivity contribution is 6.90. The molecule has 33 heavy (non-hydrogen) atoms. The molecule has 2 fully saturated rings. The van der Waals surface area contributed by atoms with Gasteiger partial charge in [0, 0.05) is 0 Å². The smallest absolute Gasteiger partial charge is 0.127 e. The third-order valence-corrected chi connectivity index (χ3v) is 14.5. The van der Waals surface area contributed by atoms with Gasteiger partial charge in [0.15, 0.2) is 0 Å². The number of ether oxygens (including phenoxy) is 3. The fraction of sp³-hybridized carbons (Fsp3) is 0.571. The minimum atomic E-state index is -1.39. The van der Waals surface area contributed by atoms with Crippen LogP contribution in [0.15, 0.2) is 48.5 Å². The van der Waals surface area contributed by atoms with Crippen LogP contribution in [0.25, 0.3) is 0 Å². The zero-order valence-corrected chi connectivity index (χ0v) is 23.1. The molecule has 2 unspecified atom stereocenters. The highest BCUT2D eigenvalue weighted by atomic mass is 28.3. The number of hydrogen-bond acceptors (Lipinski definition) is 3. The number of rotatable bonds is 14. The largest absolute Gasteiger partial charge is 0.457 e. The molecule has 2 heterocycles. The monoisotopic (exact) mass is 482 g/mol. The molecular formula is C28H42O3Si2. The van der Waals surface area contributed by atoms with Gasteiger partial charge in [-0.25, -0.2) is 0 Å². The summed E-state index contributed by atoms with van der Waals surface area (Å²) in [6, 6.07) is 20.5. The van der Waals surface area contributed by atoms with Gasteiger partial charge in [0.1, 0.15) is 11.5 Å². The van der Waals surface area contributed by atoms with E-state index in [9.17, 15) is 0 Å². The summed E-state index contributed by atoms with van der Waals surface area (Å²) < 4.78 is 16.8. The molecule has 0 bridgehead atoms. The predicted molar refractivity (Wildman–Crippen MR) is 144 cm³/mol. The van der Waals surface area contributed by atoms with Crippen molar-refractivity contribution < 1.29 is 14.2 Å². The summed E-state index contributed by atoms with van der Waals surface area (Å²) in [6.45, 7) is 11.9. The summed E-state index contributed by atoms with van der Waals surface area (Å²) in [4.78, 5) is 0. The van der Waals surface area contributed by atoms with Crippen LogP contribution in [-0.4, -0.2) is 41.6 Å². The Labute approximate surface area is 202 Å². The lowest BCUT2D eigenvalue weighted by Gasteiger charge is -2.24. The van der Waals surface area contributed by atoms with Crippen molar-refractivity contribution in [3.05, 3.63) is 48.5 Å². The van der Waals surface area contributed by atoms with Gasteiger partial charge >= 0.3 is 0 Å². The summed E-state index contributed by atoms with van der Waals surface area (Å²) in [5.41, 5.74) is 0. The standard InChI is InChI=1S/C28H42O3Si2/c1-32(2,19-7-5-9-25-21-29-25)27-15-11-23(12-16-27)31-24-13-17-28(18-14-24)33(3,4)20-8-6-10-26-22-30-26/h11-18,25-26H,5-10,19-22H2,1-4H3. The van der Waals surface area contributed by atoms with E-state index in [1.807, 2.05) is 0 Å². The van der Waals surface area contributed by atoms with Crippen molar-refractivity contribution in [3.63, 3.8) is 0 Å². The first kappa shape index (κ1) is 24.7. The van der Waals surface area contributed by atoms with E-state index in [0.717, 1.165) is 24.7 Å². The van der Waals surface area contributed by atoms with E-state index in [1.165, 1.54) is 61.0 Å². The van der Waals surface area contributed by atoms with Crippen LogP contribution in [0.4, 0.5) is 0 Å². The highest BCUT2D eigenvalue weighted by Gasteiger charge is 2.26. The normalized spacial score (nSPS) is 20.0. The van der Waals surface area contributed by atoms with Crippen LogP contribution in [-0.2, 0) is 9.47 Å². The van der Waals surface area contributed by atoms with Crippen molar-refractivity contribution in [1.82, 2.24) is 0 Å². The molecule has 0 saturated carbocycles. The Morgan fingerprint density at radius 2 is 1.00 bits per heavy atom. The highest BCUT2D eigenvalue weighted by Crippen LogP contribution is 2.25. The molecule has 3 nitrogen and oxygen atoms in total. The minimum absolute atomic E-state index is 0.571. The summed E-state index contributed by atoms with van der Waals surface area (Å²) in [5, 5.41) is 3.04. The van der Waals surface area contributed by atoms with Crippen LogP contribution in [0, 0.1) is 0 Å². The van der Waals surface area contributed by atoms with Crippen LogP contribution < -0.4 is 15.1 Å². The maximum absolute atomic E-state index is 6.18. The first-order valence-corrected chi connectivity index (χ1v) is 19.4. The van der Waals surface area contributed by atoms with Gasteiger partial charge in [-0.3, -0.25) is 0 Å². The maximum atomic E-state index is 6.18. The average Bonchev–Trinajstić information content (AvgIpc) is 3.71. The van der Waals surface area contributed by atoms with Gasteiger partial charge in [0.05, 0.1) is 41.6 Å². The molecule has 2 aromatic carbocycles. The molecule has 5 heteroatoms. The Morgan fingerprint density at radius 3 is 1.33 bits per heavy atom.